The van der Waals surface area contributed by atoms with E-state index in [2.05, 4.69) is 118 Å². The van der Waals surface area contributed by atoms with Crippen LogP contribution in [0.2, 0.25) is 0 Å². The Bertz CT molecular complexity index is 4070. The molecule has 0 radical (unpaired) electrons. The van der Waals surface area contributed by atoms with Gasteiger partial charge in [-0.1, -0.05) is 121 Å². The molecule has 0 amide bonds. The molecule has 0 aliphatic rings. The maximum atomic E-state index is 14.5. The summed E-state index contributed by atoms with van der Waals surface area (Å²) in [4.78, 5) is 0. The molecule has 0 saturated carbocycles. The van der Waals surface area contributed by atoms with Crippen LogP contribution in [0.25, 0.3) is 121 Å². The van der Waals surface area contributed by atoms with E-state index >= 15 is 0 Å². The fraction of sp³-hybridized carbons (Fsp3) is 0.0882. The largest absolute Gasteiger partial charge is 0.416 e. The van der Waals surface area contributed by atoms with Crippen molar-refractivity contribution in [2.45, 2.75) is 40.0 Å². The van der Waals surface area contributed by atoms with Crippen LogP contribution in [0.4, 0.5) is 26.3 Å². The van der Waals surface area contributed by atoms with Crippen molar-refractivity contribution >= 4 is 65.2 Å². The quantitative estimate of drug-likeness (QED) is 0.116. The Morgan fingerprint density at radius 3 is 0.829 bits per heavy atom. The summed E-state index contributed by atoms with van der Waals surface area (Å²) >= 11 is 0. The first-order valence-corrected chi connectivity index (χ1v) is 25.2. The maximum Gasteiger partial charge on any atom is 0.416 e. The summed E-state index contributed by atoms with van der Waals surface area (Å²) in [6.07, 6.45) is -9.13. The van der Waals surface area contributed by atoms with Crippen molar-refractivity contribution in [1.29, 1.82) is 0 Å². The number of hydrogen-bond donors (Lipinski definition) is 0. The summed E-state index contributed by atoms with van der Waals surface area (Å²) in [5.74, 6) is 0. The molecule has 2 nitrogen and oxygen atoms in total. The van der Waals surface area contributed by atoms with Crippen molar-refractivity contribution in [2.75, 3.05) is 0 Å². The molecule has 13 aromatic rings. The van der Waals surface area contributed by atoms with Crippen LogP contribution in [0, 0.1) is 27.7 Å². The zero-order valence-corrected chi connectivity index (χ0v) is 41.8. The Morgan fingerprint density at radius 1 is 0.263 bits per heavy atom. The first kappa shape index (κ1) is 46.9. The van der Waals surface area contributed by atoms with Gasteiger partial charge in [0, 0.05) is 32.9 Å². The Kier molecular flexibility index (Phi) is 10.7. The lowest BCUT2D eigenvalue weighted by Gasteiger charge is -2.24. The summed E-state index contributed by atoms with van der Waals surface area (Å²) in [7, 11) is 0. The second-order valence-electron chi connectivity index (χ2n) is 20.1. The molecule has 0 aliphatic carbocycles. The molecule has 2 heterocycles. The zero-order valence-electron chi connectivity index (χ0n) is 41.8. The van der Waals surface area contributed by atoms with E-state index in [1.54, 1.807) is 27.7 Å². The van der Waals surface area contributed by atoms with E-state index in [1.807, 2.05) is 72.8 Å². The van der Waals surface area contributed by atoms with E-state index in [9.17, 15) is 26.3 Å². The van der Waals surface area contributed by atoms with Gasteiger partial charge in [-0.3, -0.25) is 0 Å². The third-order valence-electron chi connectivity index (χ3n) is 15.4. The van der Waals surface area contributed by atoms with Gasteiger partial charge < -0.3 is 9.13 Å². The van der Waals surface area contributed by atoms with E-state index in [0.29, 0.717) is 33.4 Å². The number of rotatable bonds is 6. The minimum Gasteiger partial charge on any atom is -0.309 e. The molecule has 0 saturated heterocycles. The number of alkyl halides is 6. The molecule has 0 bridgehead atoms. The van der Waals surface area contributed by atoms with Crippen molar-refractivity contribution in [3.63, 3.8) is 0 Å². The van der Waals surface area contributed by atoms with Crippen molar-refractivity contribution in [3.8, 4) is 55.9 Å². The van der Waals surface area contributed by atoms with Gasteiger partial charge in [0.1, 0.15) is 0 Å². The van der Waals surface area contributed by atoms with Gasteiger partial charge in [0.05, 0.1) is 33.2 Å². The minimum absolute atomic E-state index is 0.454. The lowest BCUT2D eigenvalue weighted by molar-refractivity contribution is -0.138. The molecule has 13 rings (SSSR count). The maximum absolute atomic E-state index is 14.5. The van der Waals surface area contributed by atoms with Gasteiger partial charge in [-0.2, -0.15) is 26.3 Å². The van der Waals surface area contributed by atoms with Crippen molar-refractivity contribution in [1.82, 2.24) is 9.13 Å². The van der Waals surface area contributed by atoms with Crippen LogP contribution >= 0.6 is 0 Å². The lowest BCUT2D eigenvalue weighted by atomic mass is 9.80. The topological polar surface area (TPSA) is 9.86 Å². The molecule has 11 aromatic carbocycles. The van der Waals surface area contributed by atoms with Crippen LogP contribution < -0.4 is 0 Å². The summed E-state index contributed by atoms with van der Waals surface area (Å²) in [5.41, 5.74) is 13.1. The first-order valence-electron chi connectivity index (χ1n) is 25.2. The Labute approximate surface area is 434 Å². The van der Waals surface area contributed by atoms with Crippen LogP contribution in [-0.4, -0.2) is 9.13 Å². The Morgan fingerprint density at radius 2 is 0.539 bits per heavy atom. The molecule has 8 heteroatoms. The highest BCUT2D eigenvalue weighted by molar-refractivity contribution is 6.23. The second kappa shape index (κ2) is 17.4. The summed E-state index contributed by atoms with van der Waals surface area (Å²) in [5, 5.41) is 7.66. The molecule has 0 N–H and O–H groups in total. The second-order valence-corrected chi connectivity index (χ2v) is 20.1. The zero-order chi connectivity index (χ0) is 52.4. The van der Waals surface area contributed by atoms with Gasteiger partial charge >= 0.3 is 12.4 Å². The van der Waals surface area contributed by atoms with Gasteiger partial charge in [0.2, 0.25) is 0 Å². The van der Waals surface area contributed by atoms with Gasteiger partial charge in [-0.15, -0.1) is 0 Å². The van der Waals surface area contributed by atoms with Crippen molar-refractivity contribution in [2.24, 2.45) is 0 Å². The third-order valence-corrected chi connectivity index (χ3v) is 15.4. The first-order chi connectivity index (χ1) is 36.6. The standard InChI is InChI=1S/C68H46F6N2/c1-39-33-47(67(69,70)71)34-40(2)63(39)65-55-31-25-46(44-23-29-50(30-24-44)76-61-19-11-7-15-53(61)54-16-8-12-20-62(54)76)38-58(55)66(64-41(3)35-48(36-42(64)4)68(72,73)74)56-32-26-45(37-57(56)65)43-21-27-49(28-22-43)75-59-17-9-5-13-51(59)52-14-6-10-18-60(52)75/h5-38H,1-4H3. The fourth-order valence-corrected chi connectivity index (χ4v) is 12.2. The van der Waals surface area contributed by atoms with Crippen LogP contribution in [-0.2, 0) is 12.4 Å². The predicted molar refractivity (Wildman–Crippen MR) is 301 cm³/mol. The predicted octanol–water partition coefficient (Wildman–Crippen LogP) is 20.1. The molecular weight excluding hydrogens is 959 g/mol. The van der Waals surface area contributed by atoms with Crippen LogP contribution in [0.3, 0.4) is 0 Å². The van der Waals surface area contributed by atoms with Crippen molar-refractivity contribution in [3.05, 3.63) is 240 Å². The third kappa shape index (κ3) is 7.49. The summed E-state index contributed by atoms with van der Waals surface area (Å²) < 4.78 is 91.5. The van der Waals surface area contributed by atoms with Crippen LogP contribution in [0.5, 0.6) is 0 Å². The molecule has 0 fully saturated rings. The van der Waals surface area contributed by atoms with Gasteiger partial charge in [0.15, 0.2) is 0 Å². The number of para-hydroxylation sites is 4. The number of hydrogen-bond acceptors (Lipinski definition) is 0. The number of fused-ring (bicyclic) bond motifs is 8. The van der Waals surface area contributed by atoms with Crippen molar-refractivity contribution < 1.29 is 26.3 Å². The molecule has 76 heavy (non-hydrogen) atoms. The van der Waals surface area contributed by atoms with Crippen LogP contribution in [0.15, 0.2) is 206 Å². The Balaban J connectivity index is 1.05. The van der Waals surface area contributed by atoms with Gasteiger partial charge in [-0.25, -0.2) is 0 Å². The lowest BCUT2D eigenvalue weighted by Crippen LogP contribution is -2.07. The average Bonchev–Trinajstić information content (AvgIpc) is 4.07. The fourth-order valence-electron chi connectivity index (χ4n) is 12.2. The molecule has 0 spiro atoms. The molecule has 2 aromatic heterocycles. The smallest absolute Gasteiger partial charge is 0.309 e. The minimum atomic E-state index is -4.57. The van der Waals surface area contributed by atoms with E-state index in [0.717, 1.165) is 110 Å². The molecule has 370 valence electrons. The highest BCUT2D eigenvalue weighted by Gasteiger charge is 2.34. The number of nitrogens with zero attached hydrogens (tertiary/aromatic N) is 2. The highest BCUT2D eigenvalue weighted by atomic mass is 19.4. The summed E-state index contributed by atoms with van der Waals surface area (Å²) in [6, 6.07) is 67.2. The van der Waals surface area contributed by atoms with Gasteiger partial charge in [-0.05, 0) is 201 Å². The number of benzene rings is 11. The normalized spacial score (nSPS) is 12.3. The highest BCUT2D eigenvalue weighted by Crippen LogP contribution is 2.50. The molecule has 0 atom stereocenters. The SMILES string of the molecule is Cc1cc(C(F)(F)F)cc(C)c1-c1c2ccc(-c3ccc(-n4c5ccccc5c5ccccc54)cc3)cc2c(-c2c(C)cc(C(F)(F)F)cc2C)c2ccc(-c3ccc(-n4c5ccccc5c5ccccc54)cc3)cc12. The molecule has 0 unspecified atom stereocenters. The van der Waals surface area contributed by atoms with E-state index in [-0.39, 0.29) is 0 Å². The summed E-state index contributed by atoms with van der Waals surface area (Å²) in [6.45, 7) is 6.88. The molecule has 0 aliphatic heterocycles. The van der Waals surface area contributed by atoms with E-state index in [4.69, 9.17) is 0 Å². The monoisotopic (exact) mass is 1000 g/mol. The number of aromatic nitrogens is 2. The molecular formula is C68H46F6N2. The average molecular weight is 1010 g/mol. The Hall–Kier alpha value is -8.88. The van der Waals surface area contributed by atoms with Crippen LogP contribution in [0.1, 0.15) is 33.4 Å². The van der Waals surface area contributed by atoms with E-state index in [1.165, 1.54) is 24.3 Å². The number of halogens is 6. The van der Waals surface area contributed by atoms with E-state index < -0.39 is 23.5 Å². The van der Waals surface area contributed by atoms with Gasteiger partial charge in [0.25, 0.3) is 0 Å². The number of aryl methyl sites for hydroxylation is 4.